The zero-order valence-electron chi connectivity index (χ0n) is 14.7. The van der Waals surface area contributed by atoms with E-state index in [2.05, 4.69) is 11.4 Å². The Labute approximate surface area is 162 Å². The number of fused-ring (bicyclic) bond motifs is 3. The molecule has 134 valence electrons. The van der Waals surface area contributed by atoms with Crippen LogP contribution in [0.15, 0.2) is 59.4 Å². The van der Waals surface area contributed by atoms with Crippen LogP contribution in [-0.2, 0) is 19.5 Å². The highest BCUT2D eigenvalue weighted by Crippen LogP contribution is 2.34. The van der Waals surface area contributed by atoms with Gasteiger partial charge in [0.15, 0.2) is 0 Å². The van der Waals surface area contributed by atoms with Gasteiger partial charge >= 0.3 is 0 Å². The van der Waals surface area contributed by atoms with Crippen LogP contribution in [-0.4, -0.2) is 11.1 Å². The van der Waals surface area contributed by atoms with Crippen molar-refractivity contribution >= 4 is 11.6 Å². The summed E-state index contributed by atoms with van der Waals surface area (Å²) in [5, 5.41) is 12.7. The van der Waals surface area contributed by atoms with Gasteiger partial charge in [0.1, 0.15) is 0 Å². The van der Waals surface area contributed by atoms with E-state index in [0.717, 1.165) is 28.8 Å². The molecule has 0 atom stereocenters. The van der Waals surface area contributed by atoms with E-state index in [-0.39, 0.29) is 12.1 Å². The Hall–Kier alpha value is -2.87. The second-order valence-corrected chi connectivity index (χ2v) is 7.00. The van der Waals surface area contributed by atoms with Gasteiger partial charge in [0, 0.05) is 29.2 Å². The molecule has 1 aliphatic rings. The Balaban J connectivity index is 1.95. The summed E-state index contributed by atoms with van der Waals surface area (Å²) < 4.78 is 1.85. The smallest absolute Gasteiger partial charge is 0.258 e. The molecule has 27 heavy (non-hydrogen) atoms. The maximum absolute atomic E-state index is 13.2. The van der Waals surface area contributed by atoms with Gasteiger partial charge in [0.25, 0.3) is 5.56 Å². The Morgan fingerprint density at radius 3 is 2.70 bits per heavy atom. The summed E-state index contributed by atoms with van der Waals surface area (Å²) in [6.45, 7) is 1.39. The van der Waals surface area contributed by atoms with Gasteiger partial charge in [0.05, 0.1) is 18.3 Å². The number of hydrogen-bond acceptors (Lipinski definition) is 3. The minimum Gasteiger partial charge on any atom is -0.307 e. The van der Waals surface area contributed by atoms with E-state index in [4.69, 9.17) is 16.9 Å². The molecule has 0 aliphatic carbocycles. The lowest BCUT2D eigenvalue weighted by Gasteiger charge is -2.26. The van der Waals surface area contributed by atoms with Crippen molar-refractivity contribution in [3.8, 4) is 28.5 Å². The van der Waals surface area contributed by atoms with Gasteiger partial charge in [-0.3, -0.25) is 4.79 Å². The highest BCUT2D eigenvalue weighted by Gasteiger charge is 2.23. The van der Waals surface area contributed by atoms with Gasteiger partial charge in [-0.05, 0) is 41.3 Å². The molecule has 5 heteroatoms. The quantitative estimate of drug-likeness (QED) is 0.553. The molecule has 0 fully saturated rings. The number of nitriles is 1. The third-order valence-electron chi connectivity index (χ3n) is 4.90. The molecular weight excluding hydrogens is 358 g/mol. The van der Waals surface area contributed by atoms with E-state index in [1.165, 1.54) is 5.56 Å². The second kappa shape index (κ2) is 7.40. The topological polar surface area (TPSA) is 57.8 Å². The van der Waals surface area contributed by atoms with Gasteiger partial charge in [0.2, 0.25) is 0 Å². The lowest BCUT2D eigenvalue weighted by Crippen LogP contribution is -2.30. The number of rotatable bonds is 4. The van der Waals surface area contributed by atoms with E-state index in [9.17, 15) is 4.79 Å². The third-order valence-corrected chi connectivity index (χ3v) is 5.14. The maximum atomic E-state index is 13.2. The van der Waals surface area contributed by atoms with Crippen molar-refractivity contribution in [1.29, 1.82) is 5.26 Å². The Morgan fingerprint density at radius 1 is 1.11 bits per heavy atom. The number of nitrogens with zero attached hydrogens (tertiary/aromatic N) is 2. The monoisotopic (exact) mass is 375 g/mol. The molecule has 0 bridgehead atoms. The van der Waals surface area contributed by atoms with E-state index >= 15 is 0 Å². The van der Waals surface area contributed by atoms with Crippen LogP contribution < -0.4 is 10.9 Å². The molecular formula is C22H18ClN3O. The molecule has 0 radical (unpaired) electrons. The number of aromatic nitrogens is 1. The minimum atomic E-state index is 0.00542. The summed E-state index contributed by atoms with van der Waals surface area (Å²) in [6.07, 6.45) is 0.794. The van der Waals surface area contributed by atoms with Crippen molar-refractivity contribution in [1.82, 2.24) is 9.88 Å². The van der Waals surface area contributed by atoms with Crippen LogP contribution in [0.25, 0.3) is 22.4 Å². The SMILES string of the molecule is N#CCNCc1cc(-c2ccccc2)c(=O)n2c1-c1cc(Cl)ccc1CC2. The molecule has 0 amide bonds. The van der Waals surface area contributed by atoms with E-state index in [0.29, 0.717) is 23.7 Å². The first-order chi connectivity index (χ1) is 13.2. The average molecular weight is 376 g/mol. The van der Waals surface area contributed by atoms with Gasteiger partial charge in [-0.1, -0.05) is 48.0 Å². The summed E-state index contributed by atoms with van der Waals surface area (Å²) in [6, 6.07) is 19.6. The van der Waals surface area contributed by atoms with Crippen molar-refractivity contribution < 1.29 is 0 Å². The van der Waals surface area contributed by atoms with Crippen LogP contribution >= 0.6 is 11.6 Å². The molecule has 3 aromatic rings. The molecule has 1 N–H and O–H groups in total. The van der Waals surface area contributed by atoms with Crippen molar-refractivity contribution in [2.75, 3.05) is 6.54 Å². The summed E-state index contributed by atoms with van der Waals surface area (Å²) in [5.41, 5.74) is 5.66. The summed E-state index contributed by atoms with van der Waals surface area (Å²) >= 11 is 6.24. The van der Waals surface area contributed by atoms with E-state index in [1.54, 1.807) is 0 Å². The molecule has 0 unspecified atom stereocenters. The highest BCUT2D eigenvalue weighted by molar-refractivity contribution is 6.30. The second-order valence-electron chi connectivity index (χ2n) is 6.57. The molecule has 2 heterocycles. The molecule has 1 aromatic heterocycles. The van der Waals surface area contributed by atoms with Crippen molar-refractivity contribution in [2.45, 2.75) is 19.5 Å². The van der Waals surface area contributed by atoms with Gasteiger partial charge < -0.3 is 9.88 Å². The standard InChI is InChI=1S/C22H18ClN3O/c23-18-7-6-16-8-11-26-21(19(16)13-18)17(14-25-10-9-24)12-20(22(26)27)15-4-2-1-3-5-15/h1-7,12-13,25H,8,10-11,14H2. The highest BCUT2D eigenvalue weighted by atomic mass is 35.5. The fourth-order valence-electron chi connectivity index (χ4n) is 3.69. The Kier molecular flexibility index (Phi) is 4.81. The van der Waals surface area contributed by atoms with Crippen LogP contribution in [0.2, 0.25) is 5.02 Å². The minimum absolute atomic E-state index is 0.00542. The van der Waals surface area contributed by atoms with Crippen LogP contribution in [0.1, 0.15) is 11.1 Å². The van der Waals surface area contributed by atoms with Crippen LogP contribution in [0.3, 0.4) is 0 Å². The van der Waals surface area contributed by atoms with Crippen LogP contribution in [0, 0.1) is 11.3 Å². The van der Waals surface area contributed by atoms with E-state index in [1.807, 2.05) is 59.2 Å². The molecule has 0 saturated carbocycles. The summed E-state index contributed by atoms with van der Waals surface area (Å²) in [7, 11) is 0. The van der Waals surface area contributed by atoms with E-state index < -0.39 is 0 Å². The molecule has 4 rings (SSSR count). The van der Waals surface area contributed by atoms with Crippen LogP contribution in [0.4, 0.5) is 0 Å². The van der Waals surface area contributed by atoms with Gasteiger partial charge in [-0.15, -0.1) is 0 Å². The first-order valence-corrected chi connectivity index (χ1v) is 9.25. The zero-order valence-corrected chi connectivity index (χ0v) is 15.5. The predicted octanol–water partition coefficient (Wildman–Crippen LogP) is 4.00. The predicted molar refractivity (Wildman–Crippen MR) is 108 cm³/mol. The lowest BCUT2D eigenvalue weighted by molar-refractivity contribution is 0.648. The fourth-order valence-corrected chi connectivity index (χ4v) is 3.86. The molecule has 2 aromatic carbocycles. The first-order valence-electron chi connectivity index (χ1n) is 8.87. The fraction of sp³-hybridized carbons (Fsp3) is 0.182. The summed E-state index contributed by atoms with van der Waals surface area (Å²) in [5.74, 6) is 0. The first kappa shape index (κ1) is 17.5. The molecule has 1 aliphatic heterocycles. The number of nitrogens with one attached hydrogen (secondary N) is 1. The largest absolute Gasteiger partial charge is 0.307 e. The molecule has 0 saturated heterocycles. The number of benzene rings is 2. The average Bonchev–Trinajstić information content (AvgIpc) is 2.70. The molecule has 0 spiro atoms. The summed E-state index contributed by atoms with van der Waals surface area (Å²) in [4.78, 5) is 13.2. The number of hydrogen-bond donors (Lipinski definition) is 1. The lowest BCUT2D eigenvalue weighted by atomic mass is 9.92. The normalized spacial score (nSPS) is 12.1. The Morgan fingerprint density at radius 2 is 1.93 bits per heavy atom. The zero-order chi connectivity index (χ0) is 18.8. The van der Waals surface area contributed by atoms with Crippen LogP contribution in [0.5, 0.6) is 0 Å². The van der Waals surface area contributed by atoms with Crippen molar-refractivity contribution in [3.05, 3.63) is 81.1 Å². The third kappa shape index (κ3) is 3.28. The number of pyridine rings is 1. The number of halogens is 1. The molecule has 4 nitrogen and oxygen atoms in total. The van der Waals surface area contributed by atoms with Gasteiger partial charge in [-0.2, -0.15) is 5.26 Å². The Bertz CT molecular complexity index is 1100. The van der Waals surface area contributed by atoms with Crippen molar-refractivity contribution in [2.24, 2.45) is 0 Å². The number of aryl methyl sites for hydroxylation is 1. The van der Waals surface area contributed by atoms with Crippen molar-refractivity contribution in [3.63, 3.8) is 0 Å². The van der Waals surface area contributed by atoms with Gasteiger partial charge in [-0.25, -0.2) is 0 Å². The maximum Gasteiger partial charge on any atom is 0.258 e.